The largest absolute Gasteiger partial charge is 0.395 e. The summed E-state index contributed by atoms with van der Waals surface area (Å²) < 4.78 is 0. The summed E-state index contributed by atoms with van der Waals surface area (Å²) in [7, 11) is 0. The summed E-state index contributed by atoms with van der Waals surface area (Å²) in [5, 5.41) is 17.9. The Morgan fingerprint density at radius 2 is 1.76 bits per heavy atom. The Balaban J connectivity index is 3.71. The minimum atomic E-state index is -0.189. The molecule has 0 saturated heterocycles. The van der Waals surface area contributed by atoms with E-state index >= 15 is 0 Å². The molecule has 0 saturated carbocycles. The molecule has 0 spiro atoms. The SMILES string of the molecule is CCCCN(CCO)CCCCC(C)(C)C#N. The normalized spacial score (nSPS) is 11.8. The topological polar surface area (TPSA) is 47.3 Å². The highest BCUT2D eigenvalue weighted by molar-refractivity contribution is 4.91. The third kappa shape index (κ3) is 9.14. The second-order valence-electron chi connectivity index (χ2n) is 5.37. The molecule has 0 amide bonds. The quantitative estimate of drug-likeness (QED) is 0.597. The highest BCUT2D eigenvalue weighted by Crippen LogP contribution is 2.21. The third-order valence-electron chi connectivity index (χ3n) is 3.07. The average Bonchev–Trinajstić information content (AvgIpc) is 2.31. The van der Waals surface area contributed by atoms with E-state index in [1.54, 1.807) is 0 Å². The van der Waals surface area contributed by atoms with Gasteiger partial charge in [0.05, 0.1) is 18.1 Å². The van der Waals surface area contributed by atoms with Gasteiger partial charge < -0.3 is 10.0 Å². The van der Waals surface area contributed by atoms with Gasteiger partial charge >= 0.3 is 0 Å². The monoisotopic (exact) mass is 240 g/mol. The van der Waals surface area contributed by atoms with Gasteiger partial charge in [0.15, 0.2) is 0 Å². The molecule has 0 atom stereocenters. The van der Waals surface area contributed by atoms with Crippen LogP contribution in [0.25, 0.3) is 0 Å². The predicted octanol–water partition coefficient (Wildman–Crippen LogP) is 2.80. The van der Waals surface area contributed by atoms with Crippen LogP contribution in [0.15, 0.2) is 0 Å². The molecule has 0 aromatic heterocycles. The van der Waals surface area contributed by atoms with Crippen molar-refractivity contribution in [2.75, 3.05) is 26.2 Å². The third-order valence-corrected chi connectivity index (χ3v) is 3.07. The van der Waals surface area contributed by atoms with Crippen molar-refractivity contribution in [3.63, 3.8) is 0 Å². The highest BCUT2D eigenvalue weighted by atomic mass is 16.3. The van der Waals surface area contributed by atoms with Gasteiger partial charge in [0.1, 0.15) is 0 Å². The number of nitriles is 1. The molecule has 0 rings (SSSR count). The summed E-state index contributed by atoms with van der Waals surface area (Å²) in [5.41, 5.74) is -0.189. The molecule has 0 radical (unpaired) electrons. The molecule has 0 fully saturated rings. The van der Waals surface area contributed by atoms with Gasteiger partial charge in [-0.3, -0.25) is 0 Å². The van der Waals surface area contributed by atoms with Crippen molar-refractivity contribution < 1.29 is 5.11 Å². The summed E-state index contributed by atoms with van der Waals surface area (Å²) in [4.78, 5) is 2.32. The first-order chi connectivity index (χ1) is 8.05. The molecule has 0 aliphatic heterocycles. The van der Waals surface area contributed by atoms with E-state index in [1.807, 2.05) is 13.8 Å². The smallest absolute Gasteiger partial charge is 0.0683 e. The van der Waals surface area contributed by atoms with Gasteiger partial charge in [-0.1, -0.05) is 19.8 Å². The van der Waals surface area contributed by atoms with Gasteiger partial charge in [-0.25, -0.2) is 0 Å². The summed E-state index contributed by atoms with van der Waals surface area (Å²) >= 11 is 0. The van der Waals surface area contributed by atoms with Crippen LogP contribution in [-0.4, -0.2) is 36.2 Å². The fourth-order valence-corrected chi connectivity index (χ4v) is 1.82. The minimum Gasteiger partial charge on any atom is -0.395 e. The Morgan fingerprint density at radius 3 is 2.29 bits per heavy atom. The van der Waals surface area contributed by atoms with Crippen molar-refractivity contribution in [2.45, 2.75) is 52.9 Å². The molecule has 3 nitrogen and oxygen atoms in total. The Labute approximate surface area is 106 Å². The number of aliphatic hydroxyl groups is 1. The van der Waals surface area contributed by atoms with Crippen LogP contribution in [-0.2, 0) is 0 Å². The number of nitrogens with zero attached hydrogens (tertiary/aromatic N) is 2. The molecule has 0 aliphatic rings. The van der Waals surface area contributed by atoms with E-state index in [0.717, 1.165) is 38.9 Å². The Bertz CT molecular complexity index is 221. The molecule has 17 heavy (non-hydrogen) atoms. The zero-order valence-electron chi connectivity index (χ0n) is 11.7. The van der Waals surface area contributed by atoms with Crippen molar-refractivity contribution in [3.8, 4) is 6.07 Å². The molecular weight excluding hydrogens is 212 g/mol. The fourth-order valence-electron chi connectivity index (χ4n) is 1.82. The molecule has 0 aromatic carbocycles. The first kappa shape index (κ1) is 16.4. The van der Waals surface area contributed by atoms with Crippen molar-refractivity contribution in [2.24, 2.45) is 5.41 Å². The molecule has 0 aliphatic carbocycles. The van der Waals surface area contributed by atoms with Gasteiger partial charge in [-0.2, -0.15) is 5.26 Å². The lowest BCUT2D eigenvalue weighted by molar-refractivity contribution is 0.190. The second kappa shape index (κ2) is 9.44. The number of aliphatic hydroxyl groups excluding tert-OH is 1. The van der Waals surface area contributed by atoms with Crippen LogP contribution < -0.4 is 0 Å². The van der Waals surface area contributed by atoms with Crippen LogP contribution in [0.2, 0.25) is 0 Å². The minimum absolute atomic E-state index is 0.189. The fraction of sp³-hybridized carbons (Fsp3) is 0.929. The van der Waals surface area contributed by atoms with Crippen LogP contribution >= 0.6 is 0 Å². The number of rotatable bonds is 10. The van der Waals surface area contributed by atoms with E-state index in [4.69, 9.17) is 10.4 Å². The molecule has 1 N–H and O–H groups in total. The molecule has 0 heterocycles. The summed E-state index contributed by atoms with van der Waals surface area (Å²) in [6, 6.07) is 2.34. The van der Waals surface area contributed by atoms with Gasteiger partial charge in [0.2, 0.25) is 0 Å². The van der Waals surface area contributed by atoms with E-state index in [9.17, 15) is 0 Å². The van der Waals surface area contributed by atoms with Crippen molar-refractivity contribution in [1.82, 2.24) is 4.90 Å². The van der Waals surface area contributed by atoms with E-state index in [2.05, 4.69) is 17.9 Å². The lowest BCUT2D eigenvalue weighted by atomic mass is 9.89. The standard InChI is InChI=1S/C14H28N2O/c1-4-5-9-16(11-12-17)10-7-6-8-14(2,3)13-15/h17H,4-12H2,1-3H3. The lowest BCUT2D eigenvalue weighted by Crippen LogP contribution is -2.29. The van der Waals surface area contributed by atoms with Crippen molar-refractivity contribution in [1.29, 1.82) is 5.26 Å². The number of hydrogen-bond acceptors (Lipinski definition) is 3. The van der Waals surface area contributed by atoms with Gasteiger partial charge in [-0.05, 0) is 46.2 Å². The first-order valence-electron chi connectivity index (χ1n) is 6.80. The zero-order chi connectivity index (χ0) is 13.1. The van der Waals surface area contributed by atoms with Crippen LogP contribution in [0.4, 0.5) is 0 Å². The second-order valence-corrected chi connectivity index (χ2v) is 5.37. The maximum absolute atomic E-state index is 8.98. The predicted molar refractivity (Wildman–Crippen MR) is 71.7 cm³/mol. The van der Waals surface area contributed by atoms with E-state index in [1.165, 1.54) is 12.8 Å². The van der Waals surface area contributed by atoms with Crippen LogP contribution in [0.3, 0.4) is 0 Å². The van der Waals surface area contributed by atoms with Crippen molar-refractivity contribution >= 4 is 0 Å². The molecule has 0 unspecified atom stereocenters. The van der Waals surface area contributed by atoms with Crippen LogP contribution in [0, 0.1) is 16.7 Å². The number of unbranched alkanes of at least 4 members (excludes halogenated alkanes) is 2. The Hall–Kier alpha value is -0.590. The average molecular weight is 240 g/mol. The van der Waals surface area contributed by atoms with Crippen molar-refractivity contribution in [3.05, 3.63) is 0 Å². The summed E-state index contributed by atoms with van der Waals surface area (Å²) in [5.74, 6) is 0. The summed E-state index contributed by atoms with van der Waals surface area (Å²) in [6.45, 7) is 9.33. The molecule has 0 aromatic rings. The number of hydrogen-bond donors (Lipinski definition) is 1. The lowest BCUT2D eigenvalue weighted by Gasteiger charge is -2.22. The first-order valence-corrected chi connectivity index (χ1v) is 6.80. The van der Waals surface area contributed by atoms with Crippen LogP contribution in [0.1, 0.15) is 52.9 Å². The van der Waals surface area contributed by atoms with Crippen LogP contribution in [0.5, 0.6) is 0 Å². The van der Waals surface area contributed by atoms with E-state index < -0.39 is 0 Å². The molecule has 0 bridgehead atoms. The van der Waals surface area contributed by atoms with Gasteiger partial charge in [-0.15, -0.1) is 0 Å². The zero-order valence-corrected chi connectivity index (χ0v) is 11.7. The van der Waals surface area contributed by atoms with Gasteiger partial charge in [0.25, 0.3) is 0 Å². The molecule has 3 heteroatoms. The highest BCUT2D eigenvalue weighted by Gasteiger charge is 2.15. The maximum atomic E-state index is 8.98. The van der Waals surface area contributed by atoms with E-state index in [0.29, 0.717) is 0 Å². The Morgan fingerprint density at radius 1 is 1.12 bits per heavy atom. The Kier molecular flexibility index (Phi) is 9.11. The molecular formula is C14H28N2O. The molecule has 100 valence electrons. The van der Waals surface area contributed by atoms with E-state index in [-0.39, 0.29) is 12.0 Å². The van der Waals surface area contributed by atoms with Gasteiger partial charge in [0, 0.05) is 6.54 Å². The summed E-state index contributed by atoms with van der Waals surface area (Å²) in [6.07, 6.45) is 5.57. The maximum Gasteiger partial charge on any atom is 0.0683 e.